The summed E-state index contributed by atoms with van der Waals surface area (Å²) in [6, 6.07) is 6.23. The zero-order valence-electron chi connectivity index (χ0n) is 9.43. The molecular weight excluding hydrogens is 200 g/mol. The van der Waals surface area contributed by atoms with E-state index < -0.39 is 0 Å². The third-order valence-corrected chi connectivity index (χ3v) is 3.18. The lowest BCUT2D eigenvalue weighted by Gasteiger charge is -2.29. The first kappa shape index (κ1) is 10.9. The van der Waals surface area contributed by atoms with Gasteiger partial charge in [0.1, 0.15) is 6.07 Å². The Morgan fingerprint density at radius 1 is 1.69 bits per heavy atom. The summed E-state index contributed by atoms with van der Waals surface area (Å²) in [6.45, 7) is 0.626. The lowest BCUT2D eigenvalue weighted by Crippen LogP contribution is -2.40. The molecule has 1 fully saturated rings. The maximum absolute atomic E-state index is 9.01. The van der Waals surface area contributed by atoms with Crippen molar-refractivity contribution in [1.29, 1.82) is 5.26 Å². The molecule has 1 aromatic heterocycles. The van der Waals surface area contributed by atoms with Gasteiger partial charge >= 0.3 is 0 Å². The smallest absolute Gasteiger partial charge is 0.163 e. The van der Waals surface area contributed by atoms with Crippen LogP contribution >= 0.6 is 0 Å². The largest absolute Gasteiger partial charge is 0.368 e. The fourth-order valence-electron chi connectivity index (χ4n) is 2.09. The highest BCUT2D eigenvalue weighted by molar-refractivity contribution is 5.56. The van der Waals surface area contributed by atoms with Crippen LogP contribution < -0.4 is 10.6 Å². The first-order chi connectivity index (χ1) is 7.77. The van der Waals surface area contributed by atoms with Crippen molar-refractivity contribution >= 4 is 5.69 Å². The fourth-order valence-corrected chi connectivity index (χ4v) is 2.09. The average Bonchev–Trinajstić information content (AvgIpc) is 3.14. The maximum atomic E-state index is 9.01. The molecule has 16 heavy (non-hydrogen) atoms. The Balaban J connectivity index is 2.25. The van der Waals surface area contributed by atoms with E-state index in [0.717, 1.165) is 5.69 Å². The van der Waals surface area contributed by atoms with Crippen LogP contribution in [-0.2, 0) is 0 Å². The van der Waals surface area contributed by atoms with Gasteiger partial charge in [0, 0.05) is 25.8 Å². The van der Waals surface area contributed by atoms with Crippen LogP contribution in [0.5, 0.6) is 0 Å². The van der Waals surface area contributed by atoms with Gasteiger partial charge in [-0.15, -0.1) is 0 Å². The van der Waals surface area contributed by atoms with Crippen molar-refractivity contribution in [1.82, 2.24) is 4.98 Å². The second-order valence-electron chi connectivity index (χ2n) is 4.23. The van der Waals surface area contributed by atoms with Crippen molar-refractivity contribution in [2.24, 2.45) is 11.7 Å². The van der Waals surface area contributed by atoms with Gasteiger partial charge in [-0.05, 0) is 30.9 Å². The number of likely N-dealkylation sites (N-methyl/N-ethyl adjacent to an activating group) is 1. The fraction of sp³-hybridized carbons (Fsp3) is 0.500. The van der Waals surface area contributed by atoms with Gasteiger partial charge in [-0.2, -0.15) is 5.26 Å². The zero-order chi connectivity index (χ0) is 11.5. The predicted octanol–water partition coefficient (Wildman–Crippen LogP) is 1.13. The van der Waals surface area contributed by atoms with Gasteiger partial charge in [0.2, 0.25) is 0 Å². The van der Waals surface area contributed by atoms with E-state index in [1.807, 2.05) is 19.2 Å². The Labute approximate surface area is 95.7 Å². The minimum atomic E-state index is 0.330. The predicted molar refractivity (Wildman–Crippen MR) is 62.9 cm³/mol. The number of pyridine rings is 1. The minimum Gasteiger partial charge on any atom is -0.368 e. The molecule has 2 rings (SSSR count). The van der Waals surface area contributed by atoms with Gasteiger partial charge in [0.25, 0.3) is 0 Å². The Kier molecular flexibility index (Phi) is 3.07. The van der Waals surface area contributed by atoms with Gasteiger partial charge in [-0.3, -0.25) is 0 Å². The van der Waals surface area contributed by atoms with Gasteiger partial charge in [-0.25, -0.2) is 4.98 Å². The number of anilines is 1. The van der Waals surface area contributed by atoms with Crippen LogP contribution in [0.4, 0.5) is 5.69 Å². The lowest BCUT2D eigenvalue weighted by molar-refractivity contribution is 0.570. The molecule has 0 aromatic carbocycles. The molecule has 1 atom stereocenters. The van der Waals surface area contributed by atoms with Gasteiger partial charge in [-0.1, -0.05) is 0 Å². The third-order valence-electron chi connectivity index (χ3n) is 3.18. The topological polar surface area (TPSA) is 65.9 Å². The molecule has 0 bridgehead atoms. The van der Waals surface area contributed by atoms with Crippen LogP contribution in [0.3, 0.4) is 0 Å². The molecule has 4 nitrogen and oxygen atoms in total. The van der Waals surface area contributed by atoms with Crippen molar-refractivity contribution in [2.45, 2.75) is 18.9 Å². The van der Waals surface area contributed by atoms with Crippen LogP contribution in [0, 0.1) is 17.2 Å². The van der Waals surface area contributed by atoms with E-state index in [0.29, 0.717) is 24.2 Å². The minimum absolute atomic E-state index is 0.330. The molecule has 1 unspecified atom stereocenters. The monoisotopic (exact) mass is 216 g/mol. The molecule has 1 saturated carbocycles. The SMILES string of the molecule is CN(c1cccnc1C#N)C(CN)C1CC1. The molecule has 0 radical (unpaired) electrons. The normalized spacial score (nSPS) is 16.6. The molecule has 2 N–H and O–H groups in total. The second kappa shape index (κ2) is 4.50. The van der Waals surface area contributed by atoms with E-state index in [9.17, 15) is 0 Å². The molecule has 4 heteroatoms. The number of hydrogen-bond acceptors (Lipinski definition) is 4. The highest BCUT2D eigenvalue weighted by atomic mass is 15.2. The quantitative estimate of drug-likeness (QED) is 0.819. The zero-order valence-corrected chi connectivity index (χ0v) is 9.43. The van der Waals surface area contributed by atoms with Crippen molar-refractivity contribution in [3.63, 3.8) is 0 Å². The summed E-state index contributed by atoms with van der Waals surface area (Å²) >= 11 is 0. The van der Waals surface area contributed by atoms with Crippen LogP contribution in [0.2, 0.25) is 0 Å². The third kappa shape index (κ3) is 2.00. The average molecular weight is 216 g/mol. The van der Waals surface area contributed by atoms with Crippen LogP contribution in [0.25, 0.3) is 0 Å². The molecule has 1 aliphatic rings. The molecule has 0 amide bonds. The summed E-state index contributed by atoms with van der Waals surface area (Å²) < 4.78 is 0. The van der Waals surface area contributed by atoms with E-state index in [2.05, 4.69) is 16.0 Å². The van der Waals surface area contributed by atoms with Gasteiger partial charge < -0.3 is 10.6 Å². The molecule has 0 saturated heterocycles. The molecule has 1 heterocycles. The number of hydrogen-bond donors (Lipinski definition) is 1. The Bertz CT molecular complexity index is 406. The molecule has 1 aromatic rings. The highest BCUT2D eigenvalue weighted by Crippen LogP contribution is 2.36. The number of nitriles is 1. The number of rotatable bonds is 4. The van der Waals surface area contributed by atoms with Crippen LogP contribution in [-0.4, -0.2) is 24.6 Å². The lowest BCUT2D eigenvalue weighted by atomic mass is 10.1. The van der Waals surface area contributed by atoms with Gasteiger partial charge in [0.15, 0.2) is 5.69 Å². The molecular formula is C12H16N4. The first-order valence-corrected chi connectivity index (χ1v) is 5.56. The number of nitrogens with zero attached hydrogens (tertiary/aromatic N) is 3. The summed E-state index contributed by atoms with van der Waals surface area (Å²) in [7, 11) is 1.99. The van der Waals surface area contributed by atoms with Crippen molar-refractivity contribution in [3.8, 4) is 6.07 Å². The van der Waals surface area contributed by atoms with Gasteiger partial charge in [0.05, 0.1) is 5.69 Å². The molecule has 84 valence electrons. The molecule has 0 aliphatic heterocycles. The standard InChI is InChI=1S/C12H16N4/c1-16(12(8-14)9-4-5-9)11-3-2-6-15-10(11)7-13/h2-3,6,9,12H,4-5,8,14H2,1H3. The van der Waals surface area contributed by atoms with E-state index in [-0.39, 0.29) is 0 Å². The van der Waals surface area contributed by atoms with Crippen molar-refractivity contribution < 1.29 is 0 Å². The summed E-state index contributed by atoms with van der Waals surface area (Å²) in [5, 5.41) is 9.01. The van der Waals surface area contributed by atoms with Crippen molar-refractivity contribution in [2.75, 3.05) is 18.5 Å². The Morgan fingerprint density at radius 2 is 2.44 bits per heavy atom. The Hall–Kier alpha value is -1.60. The second-order valence-corrected chi connectivity index (χ2v) is 4.23. The summed E-state index contributed by atoms with van der Waals surface area (Å²) in [5.41, 5.74) is 7.16. The number of nitrogens with two attached hydrogens (primary N) is 1. The van der Waals surface area contributed by atoms with Crippen molar-refractivity contribution in [3.05, 3.63) is 24.0 Å². The summed E-state index contributed by atoms with van der Waals surface area (Å²) in [5.74, 6) is 0.682. The van der Waals surface area contributed by atoms with E-state index in [1.165, 1.54) is 12.8 Å². The van der Waals surface area contributed by atoms with E-state index in [1.54, 1.807) is 6.20 Å². The maximum Gasteiger partial charge on any atom is 0.163 e. The van der Waals surface area contributed by atoms with Crippen LogP contribution in [0.1, 0.15) is 18.5 Å². The first-order valence-electron chi connectivity index (χ1n) is 5.56. The highest BCUT2D eigenvalue weighted by Gasteiger charge is 2.33. The molecule has 0 spiro atoms. The summed E-state index contributed by atoms with van der Waals surface area (Å²) in [6.07, 6.45) is 4.13. The molecule has 1 aliphatic carbocycles. The van der Waals surface area contributed by atoms with E-state index >= 15 is 0 Å². The van der Waals surface area contributed by atoms with Crippen LogP contribution in [0.15, 0.2) is 18.3 Å². The Morgan fingerprint density at radius 3 is 3.00 bits per heavy atom. The van der Waals surface area contributed by atoms with E-state index in [4.69, 9.17) is 11.0 Å². The summed E-state index contributed by atoms with van der Waals surface area (Å²) in [4.78, 5) is 6.17. The number of aromatic nitrogens is 1.